The van der Waals surface area contributed by atoms with Crippen LogP contribution in [0.15, 0.2) is 77.7 Å². The Morgan fingerprint density at radius 1 is 1.03 bits per heavy atom. The second-order valence-corrected chi connectivity index (χ2v) is 10.1. The van der Waals surface area contributed by atoms with Gasteiger partial charge in [-0.05, 0) is 61.2 Å². The van der Waals surface area contributed by atoms with E-state index in [9.17, 15) is 13.2 Å². The van der Waals surface area contributed by atoms with Gasteiger partial charge in [-0.2, -0.15) is 0 Å². The van der Waals surface area contributed by atoms with Crippen molar-refractivity contribution in [1.82, 2.24) is 4.72 Å². The van der Waals surface area contributed by atoms with Crippen molar-refractivity contribution in [2.75, 3.05) is 11.9 Å². The molecule has 3 rings (SSSR count). The minimum Gasteiger partial charge on any atom is -0.482 e. The molecule has 0 unspecified atom stereocenters. The lowest BCUT2D eigenvalue weighted by Crippen LogP contribution is -2.27. The number of benzene rings is 3. The maximum absolute atomic E-state index is 12.8. The van der Waals surface area contributed by atoms with E-state index in [0.29, 0.717) is 5.69 Å². The second-order valence-electron chi connectivity index (χ2n) is 7.98. The van der Waals surface area contributed by atoms with Crippen LogP contribution in [0, 0.1) is 0 Å². The summed E-state index contributed by atoms with van der Waals surface area (Å²) in [6, 6.07) is 20.7. The summed E-state index contributed by atoms with van der Waals surface area (Å²) in [5, 5.41) is 2.88. The molecule has 2 N–H and O–H groups in total. The number of hydrogen-bond donors (Lipinski definition) is 2. The lowest BCUT2D eigenvalue weighted by Gasteiger charge is -2.15. The third-order valence-corrected chi connectivity index (χ3v) is 7.09. The molecule has 0 aromatic heterocycles. The van der Waals surface area contributed by atoms with Crippen molar-refractivity contribution in [1.29, 1.82) is 0 Å². The molecule has 0 radical (unpaired) electrons. The van der Waals surface area contributed by atoms with Crippen LogP contribution in [0.3, 0.4) is 0 Å². The fourth-order valence-electron chi connectivity index (χ4n) is 3.35. The molecule has 0 heterocycles. The highest BCUT2D eigenvalue weighted by atomic mass is 35.5. The van der Waals surface area contributed by atoms with Gasteiger partial charge in [0.25, 0.3) is 5.91 Å². The minimum absolute atomic E-state index is 0.0141. The van der Waals surface area contributed by atoms with Crippen molar-refractivity contribution < 1.29 is 17.9 Å². The van der Waals surface area contributed by atoms with Gasteiger partial charge in [-0.25, -0.2) is 13.1 Å². The zero-order valence-corrected chi connectivity index (χ0v) is 20.8. The van der Waals surface area contributed by atoms with E-state index in [2.05, 4.69) is 17.0 Å². The second kappa shape index (κ2) is 12.0. The molecule has 0 aliphatic heterocycles. The van der Waals surface area contributed by atoms with Gasteiger partial charge >= 0.3 is 0 Å². The van der Waals surface area contributed by atoms with Crippen molar-refractivity contribution in [3.05, 3.63) is 88.9 Å². The Labute approximate surface area is 206 Å². The first-order valence-corrected chi connectivity index (χ1v) is 13.0. The van der Waals surface area contributed by atoms with Gasteiger partial charge in [0.15, 0.2) is 6.61 Å². The monoisotopic (exact) mass is 500 g/mol. The molecule has 1 atom stereocenters. The summed E-state index contributed by atoms with van der Waals surface area (Å²) in [6.45, 7) is 3.66. The van der Waals surface area contributed by atoms with Crippen LogP contribution in [0.1, 0.15) is 43.9 Å². The number of unbranched alkanes of at least 4 members (excludes halogenated alkanes) is 1. The number of sulfonamides is 1. The molecule has 0 aliphatic rings. The third kappa shape index (κ3) is 7.32. The maximum Gasteiger partial charge on any atom is 0.262 e. The number of rotatable bonds is 11. The molecule has 0 aliphatic carbocycles. The lowest BCUT2D eigenvalue weighted by molar-refractivity contribution is -0.118. The SMILES string of the molecule is CCCCc1ccc(NC(=O)COc2ccc(S(=O)(=O)N[C@@H](C)c3ccccc3)cc2Cl)cc1. The highest BCUT2D eigenvalue weighted by molar-refractivity contribution is 7.89. The fraction of sp³-hybridized carbons (Fsp3) is 0.269. The number of halogens is 1. The van der Waals surface area contributed by atoms with Gasteiger partial charge in [0.2, 0.25) is 10.0 Å². The summed E-state index contributed by atoms with van der Waals surface area (Å²) in [4.78, 5) is 12.3. The van der Waals surface area contributed by atoms with Crippen LogP contribution < -0.4 is 14.8 Å². The Hall–Kier alpha value is -2.87. The Kier molecular flexibility index (Phi) is 9.10. The number of nitrogens with one attached hydrogen (secondary N) is 2. The summed E-state index contributed by atoms with van der Waals surface area (Å²) in [6.07, 6.45) is 3.27. The molecule has 8 heteroatoms. The summed E-state index contributed by atoms with van der Waals surface area (Å²) >= 11 is 6.24. The molecule has 6 nitrogen and oxygen atoms in total. The van der Waals surface area contributed by atoms with Gasteiger partial charge in [-0.15, -0.1) is 0 Å². The standard InChI is InChI=1S/C26H29ClN2O4S/c1-3-4-8-20-11-13-22(14-12-20)28-26(30)18-33-25-16-15-23(17-24(25)27)34(31,32)29-19(2)21-9-6-5-7-10-21/h5-7,9-17,19,29H,3-4,8,18H2,1-2H3,(H,28,30)/t19-/m0/s1. The molecule has 0 spiro atoms. The number of carbonyl (C=O) groups is 1. The number of anilines is 1. The predicted molar refractivity (Wildman–Crippen MR) is 136 cm³/mol. The van der Waals surface area contributed by atoms with E-state index in [1.807, 2.05) is 54.6 Å². The van der Waals surface area contributed by atoms with Gasteiger partial charge in [0, 0.05) is 11.7 Å². The average Bonchev–Trinajstić information content (AvgIpc) is 2.83. The van der Waals surface area contributed by atoms with Crippen LogP contribution in [0.2, 0.25) is 5.02 Å². The number of aryl methyl sites for hydroxylation is 1. The highest BCUT2D eigenvalue weighted by Crippen LogP contribution is 2.28. The van der Waals surface area contributed by atoms with E-state index in [0.717, 1.165) is 24.8 Å². The van der Waals surface area contributed by atoms with Crippen LogP contribution in [-0.2, 0) is 21.2 Å². The Bertz CT molecular complexity index is 1200. The van der Waals surface area contributed by atoms with E-state index in [-0.39, 0.29) is 28.2 Å². The Balaban J connectivity index is 1.56. The van der Waals surface area contributed by atoms with E-state index in [1.54, 1.807) is 6.92 Å². The van der Waals surface area contributed by atoms with Crippen molar-refractivity contribution >= 4 is 33.2 Å². The van der Waals surface area contributed by atoms with Crippen molar-refractivity contribution in [2.24, 2.45) is 0 Å². The molecule has 0 fully saturated rings. The molecule has 3 aromatic carbocycles. The molecule has 1 amide bonds. The summed E-state index contributed by atoms with van der Waals surface area (Å²) < 4.78 is 33.7. The molecule has 0 saturated heterocycles. The molecular formula is C26H29ClN2O4S. The van der Waals surface area contributed by atoms with Gasteiger partial charge < -0.3 is 10.1 Å². The molecule has 0 saturated carbocycles. The summed E-state index contributed by atoms with van der Waals surface area (Å²) in [5.74, 6) is -0.116. The molecule has 3 aromatic rings. The minimum atomic E-state index is -3.80. The lowest BCUT2D eigenvalue weighted by atomic mass is 10.1. The van der Waals surface area contributed by atoms with Crippen molar-refractivity contribution in [3.8, 4) is 5.75 Å². The number of carbonyl (C=O) groups excluding carboxylic acids is 1. The Morgan fingerprint density at radius 2 is 1.74 bits per heavy atom. The number of hydrogen-bond acceptors (Lipinski definition) is 4. The normalized spacial score (nSPS) is 12.2. The zero-order valence-electron chi connectivity index (χ0n) is 19.3. The van der Waals surface area contributed by atoms with E-state index >= 15 is 0 Å². The summed E-state index contributed by atoms with van der Waals surface area (Å²) in [7, 11) is -3.80. The molecular weight excluding hydrogens is 472 g/mol. The maximum atomic E-state index is 12.8. The smallest absolute Gasteiger partial charge is 0.262 e. The van der Waals surface area contributed by atoms with Gasteiger partial charge in [-0.3, -0.25) is 4.79 Å². The predicted octanol–water partition coefficient (Wildman–Crippen LogP) is 5.74. The average molecular weight is 501 g/mol. The van der Waals surface area contributed by atoms with Crippen LogP contribution in [-0.4, -0.2) is 20.9 Å². The topological polar surface area (TPSA) is 84.5 Å². The fourth-order valence-corrected chi connectivity index (χ4v) is 4.91. The van der Waals surface area contributed by atoms with E-state index in [1.165, 1.54) is 23.8 Å². The Morgan fingerprint density at radius 3 is 2.38 bits per heavy atom. The van der Waals surface area contributed by atoms with Crippen LogP contribution in [0.25, 0.3) is 0 Å². The van der Waals surface area contributed by atoms with E-state index in [4.69, 9.17) is 16.3 Å². The molecule has 0 bridgehead atoms. The highest BCUT2D eigenvalue weighted by Gasteiger charge is 2.20. The quantitative estimate of drug-likeness (QED) is 0.351. The van der Waals surface area contributed by atoms with Gasteiger partial charge in [0.1, 0.15) is 5.75 Å². The first-order valence-electron chi connectivity index (χ1n) is 11.2. The number of amides is 1. The first kappa shape index (κ1) is 25.7. The van der Waals surface area contributed by atoms with Crippen molar-refractivity contribution in [3.63, 3.8) is 0 Å². The van der Waals surface area contributed by atoms with Crippen LogP contribution >= 0.6 is 11.6 Å². The van der Waals surface area contributed by atoms with Gasteiger partial charge in [-0.1, -0.05) is 67.4 Å². The van der Waals surface area contributed by atoms with Crippen molar-refractivity contribution in [2.45, 2.75) is 44.0 Å². The largest absolute Gasteiger partial charge is 0.482 e. The number of ether oxygens (including phenoxy) is 1. The third-order valence-electron chi connectivity index (χ3n) is 5.26. The molecule has 34 heavy (non-hydrogen) atoms. The van der Waals surface area contributed by atoms with E-state index < -0.39 is 16.1 Å². The zero-order chi connectivity index (χ0) is 24.6. The van der Waals surface area contributed by atoms with Gasteiger partial charge in [0.05, 0.1) is 9.92 Å². The molecule has 180 valence electrons. The van der Waals surface area contributed by atoms with Crippen LogP contribution in [0.4, 0.5) is 5.69 Å². The van der Waals surface area contributed by atoms with Crippen LogP contribution in [0.5, 0.6) is 5.75 Å². The first-order chi connectivity index (χ1) is 16.3. The summed E-state index contributed by atoms with van der Waals surface area (Å²) in [5.41, 5.74) is 2.75.